The lowest BCUT2D eigenvalue weighted by molar-refractivity contribution is -0.123. The molecule has 1 aromatic rings. The van der Waals surface area contributed by atoms with Crippen LogP contribution in [0.3, 0.4) is 0 Å². The first-order chi connectivity index (χ1) is 9.85. The Morgan fingerprint density at radius 3 is 2.52 bits per heavy atom. The van der Waals surface area contributed by atoms with Crippen molar-refractivity contribution < 1.29 is 9.53 Å². The zero-order valence-corrected chi connectivity index (χ0v) is 13.6. The van der Waals surface area contributed by atoms with Crippen LogP contribution in [0.5, 0.6) is 5.75 Å². The molecule has 21 heavy (non-hydrogen) atoms. The smallest absolute Gasteiger partial charge is 0.258 e. The second kappa shape index (κ2) is 6.50. The highest BCUT2D eigenvalue weighted by Crippen LogP contribution is 2.36. The molecule has 0 bridgehead atoms. The number of benzene rings is 1. The van der Waals surface area contributed by atoms with E-state index in [4.69, 9.17) is 4.74 Å². The summed E-state index contributed by atoms with van der Waals surface area (Å²) in [4.78, 5) is 11.9. The maximum atomic E-state index is 11.9. The van der Waals surface area contributed by atoms with E-state index < -0.39 is 0 Å². The molecular formula is C18H27NO2. The van der Waals surface area contributed by atoms with E-state index in [0.29, 0.717) is 17.4 Å². The number of amides is 1. The molecule has 3 nitrogen and oxygen atoms in total. The zero-order chi connectivity index (χ0) is 15.5. The lowest BCUT2D eigenvalue weighted by atomic mass is 9.92. The van der Waals surface area contributed by atoms with Crippen LogP contribution in [0.4, 0.5) is 0 Å². The summed E-state index contributed by atoms with van der Waals surface area (Å²) < 4.78 is 5.55. The molecule has 0 spiro atoms. The Bertz CT molecular complexity index is 476. The molecule has 2 rings (SSSR count). The molecule has 0 saturated heterocycles. The Labute approximate surface area is 128 Å². The minimum atomic E-state index is -0.0226. The van der Waals surface area contributed by atoms with E-state index in [1.54, 1.807) is 0 Å². The molecular weight excluding hydrogens is 262 g/mol. The maximum absolute atomic E-state index is 11.9. The number of hydrogen-bond donors (Lipinski definition) is 1. The van der Waals surface area contributed by atoms with Crippen molar-refractivity contribution in [2.45, 2.75) is 58.9 Å². The third kappa shape index (κ3) is 4.76. The van der Waals surface area contributed by atoms with Crippen LogP contribution in [0.25, 0.3) is 0 Å². The number of rotatable bonds is 5. The molecule has 1 amide bonds. The van der Waals surface area contributed by atoms with Crippen molar-refractivity contribution in [2.75, 3.05) is 6.61 Å². The van der Waals surface area contributed by atoms with Crippen LogP contribution in [0.15, 0.2) is 24.3 Å². The van der Waals surface area contributed by atoms with Gasteiger partial charge in [-0.3, -0.25) is 4.79 Å². The molecule has 0 aromatic heterocycles. The fourth-order valence-corrected chi connectivity index (χ4v) is 2.93. The second-order valence-electron chi connectivity index (χ2n) is 7.18. The van der Waals surface area contributed by atoms with Gasteiger partial charge in [0.2, 0.25) is 0 Å². The largest absolute Gasteiger partial charge is 0.484 e. The number of carbonyl (C=O) groups is 1. The van der Waals surface area contributed by atoms with E-state index in [1.165, 1.54) is 12.0 Å². The Hall–Kier alpha value is -1.51. The van der Waals surface area contributed by atoms with Gasteiger partial charge in [0, 0.05) is 6.04 Å². The summed E-state index contributed by atoms with van der Waals surface area (Å²) in [6.45, 7) is 8.93. The zero-order valence-electron chi connectivity index (χ0n) is 13.6. The SMILES string of the molecule is CC(C)c1ccc(OCC(=O)NC2CCC(C)(C)C2)cc1. The van der Waals surface area contributed by atoms with Crippen LogP contribution in [0.1, 0.15) is 58.4 Å². The predicted octanol–water partition coefficient (Wildman–Crippen LogP) is 3.88. The van der Waals surface area contributed by atoms with Crippen LogP contribution < -0.4 is 10.1 Å². The van der Waals surface area contributed by atoms with E-state index in [2.05, 4.69) is 45.1 Å². The Kier molecular flexibility index (Phi) is 4.92. The van der Waals surface area contributed by atoms with Gasteiger partial charge in [0.25, 0.3) is 5.91 Å². The van der Waals surface area contributed by atoms with Gasteiger partial charge in [-0.2, -0.15) is 0 Å². The summed E-state index contributed by atoms with van der Waals surface area (Å²) in [5.74, 6) is 1.24. The molecule has 1 atom stereocenters. The van der Waals surface area contributed by atoms with Crippen molar-refractivity contribution in [1.82, 2.24) is 5.32 Å². The van der Waals surface area contributed by atoms with Gasteiger partial charge >= 0.3 is 0 Å². The fraction of sp³-hybridized carbons (Fsp3) is 0.611. The van der Waals surface area contributed by atoms with Crippen LogP contribution in [0, 0.1) is 5.41 Å². The third-order valence-electron chi connectivity index (χ3n) is 4.25. The summed E-state index contributed by atoms with van der Waals surface area (Å²) in [6.07, 6.45) is 3.30. The van der Waals surface area contributed by atoms with Gasteiger partial charge in [0.05, 0.1) is 0 Å². The first-order valence-electron chi connectivity index (χ1n) is 7.88. The average Bonchev–Trinajstić information content (AvgIpc) is 2.76. The second-order valence-corrected chi connectivity index (χ2v) is 7.18. The number of nitrogens with one attached hydrogen (secondary N) is 1. The maximum Gasteiger partial charge on any atom is 0.258 e. The Morgan fingerprint density at radius 1 is 1.33 bits per heavy atom. The van der Waals surface area contributed by atoms with Crippen molar-refractivity contribution in [3.63, 3.8) is 0 Å². The minimum Gasteiger partial charge on any atom is -0.484 e. The fourth-order valence-electron chi connectivity index (χ4n) is 2.93. The summed E-state index contributed by atoms with van der Waals surface area (Å²) in [6, 6.07) is 8.27. The highest BCUT2D eigenvalue weighted by Gasteiger charge is 2.31. The van der Waals surface area contributed by atoms with Gasteiger partial charge in [-0.05, 0) is 48.3 Å². The van der Waals surface area contributed by atoms with Gasteiger partial charge in [-0.15, -0.1) is 0 Å². The topological polar surface area (TPSA) is 38.3 Å². The minimum absolute atomic E-state index is 0.0226. The summed E-state index contributed by atoms with van der Waals surface area (Å²) in [5, 5.41) is 3.07. The number of hydrogen-bond acceptors (Lipinski definition) is 2. The predicted molar refractivity (Wildman–Crippen MR) is 85.6 cm³/mol. The molecule has 1 aromatic carbocycles. The van der Waals surface area contributed by atoms with Crippen LogP contribution in [-0.2, 0) is 4.79 Å². The lowest BCUT2D eigenvalue weighted by Gasteiger charge is -2.18. The van der Waals surface area contributed by atoms with Gasteiger partial charge in [-0.1, -0.05) is 39.8 Å². The van der Waals surface area contributed by atoms with Crippen molar-refractivity contribution >= 4 is 5.91 Å². The van der Waals surface area contributed by atoms with Gasteiger partial charge in [0.15, 0.2) is 6.61 Å². The molecule has 1 N–H and O–H groups in total. The van der Waals surface area contributed by atoms with E-state index in [-0.39, 0.29) is 12.5 Å². The Balaban J connectivity index is 1.76. The van der Waals surface area contributed by atoms with Crippen molar-refractivity contribution in [3.05, 3.63) is 29.8 Å². The third-order valence-corrected chi connectivity index (χ3v) is 4.25. The first kappa shape index (κ1) is 15.9. The van der Waals surface area contributed by atoms with Gasteiger partial charge in [0.1, 0.15) is 5.75 Å². The standard InChI is InChI=1S/C18H27NO2/c1-13(2)14-5-7-16(8-6-14)21-12-17(20)19-15-9-10-18(3,4)11-15/h5-8,13,15H,9-12H2,1-4H3,(H,19,20). The van der Waals surface area contributed by atoms with Crippen LogP contribution >= 0.6 is 0 Å². The highest BCUT2D eigenvalue weighted by atomic mass is 16.5. The van der Waals surface area contributed by atoms with Gasteiger partial charge < -0.3 is 10.1 Å². The van der Waals surface area contributed by atoms with Crippen LogP contribution in [0.2, 0.25) is 0 Å². The summed E-state index contributed by atoms with van der Waals surface area (Å²) in [7, 11) is 0. The average molecular weight is 289 g/mol. The summed E-state index contributed by atoms with van der Waals surface area (Å²) >= 11 is 0. The molecule has 0 aliphatic heterocycles. The number of carbonyl (C=O) groups excluding carboxylic acids is 1. The molecule has 116 valence electrons. The molecule has 1 fully saturated rings. The lowest BCUT2D eigenvalue weighted by Crippen LogP contribution is -2.36. The van der Waals surface area contributed by atoms with E-state index in [1.807, 2.05) is 12.1 Å². The van der Waals surface area contributed by atoms with Gasteiger partial charge in [-0.25, -0.2) is 0 Å². The summed E-state index contributed by atoms with van der Waals surface area (Å²) in [5.41, 5.74) is 1.63. The molecule has 1 saturated carbocycles. The molecule has 1 aliphatic carbocycles. The monoisotopic (exact) mass is 289 g/mol. The molecule has 1 aliphatic rings. The van der Waals surface area contributed by atoms with E-state index >= 15 is 0 Å². The highest BCUT2D eigenvalue weighted by molar-refractivity contribution is 5.77. The van der Waals surface area contributed by atoms with Crippen molar-refractivity contribution in [2.24, 2.45) is 5.41 Å². The normalized spacial score (nSPS) is 20.5. The first-order valence-corrected chi connectivity index (χ1v) is 7.88. The van der Waals surface area contributed by atoms with E-state index in [0.717, 1.165) is 18.6 Å². The molecule has 0 heterocycles. The molecule has 1 unspecified atom stereocenters. The quantitative estimate of drug-likeness (QED) is 0.893. The van der Waals surface area contributed by atoms with Crippen LogP contribution in [-0.4, -0.2) is 18.6 Å². The van der Waals surface area contributed by atoms with Crippen molar-refractivity contribution in [1.29, 1.82) is 0 Å². The number of ether oxygens (including phenoxy) is 1. The molecule has 3 heteroatoms. The molecule has 0 radical (unpaired) electrons. The van der Waals surface area contributed by atoms with E-state index in [9.17, 15) is 4.79 Å². The van der Waals surface area contributed by atoms with Crippen molar-refractivity contribution in [3.8, 4) is 5.75 Å². The Morgan fingerprint density at radius 2 is 2.00 bits per heavy atom.